The minimum atomic E-state index is -0.180. The number of benzene rings is 3. The number of nitrogens with one attached hydrogen (secondary N) is 1. The van der Waals surface area contributed by atoms with Crippen LogP contribution in [0.5, 0.6) is 17.2 Å². The zero-order valence-electron chi connectivity index (χ0n) is 18.8. The van der Waals surface area contributed by atoms with Gasteiger partial charge in [-0.15, -0.1) is 10.2 Å². The number of methoxy groups -OCH3 is 2. The fraction of sp³-hybridized carbons (Fsp3) is 0.160. The van der Waals surface area contributed by atoms with Crippen molar-refractivity contribution in [3.63, 3.8) is 0 Å². The molecule has 0 aliphatic rings. The molecule has 34 heavy (non-hydrogen) atoms. The highest BCUT2D eigenvalue weighted by molar-refractivity contribution is 7.99. The molecule has 0 spiro atoms. The highest BCUT2D eigenvalue weighted by Crippen LogP contribution is 2.26. The number of carbonyl (C=O) groups excluding carboxylic acids is 1. The Morgan fingerprint density at radius 3 is 2.35 bits per heavy atom. The van der Waals surface area contributed by atoms with Gasteiger partial charge in [0.15, 0.2) is 11.0 Å². The monoisotopic (exact) mass is 476 g/mol. The van der Waals surface area contributed by atoms with Crippen LogP contribution in [0.3, 0.4) is 0 Å². The summed E-state index contributed by atoms with van der Waals surface area (Å²) in [6.07, 6.45) is 0. The SMILES string of the molecule is COc1ccc(-n2c(COc3ccccc3)nnc2SCC(=O)Nc2ccccc2OC)cc1. The second-order valence-electron chi connectivity index (χ2n) is 7.07. The minimum Gasteiger partial charge on any atom is -0.497 e. The number of hydrogen-bond donors (Lipinski definition) is 1. The Labute approximate surface area is 201 Å². The molecule has 3 aromatic carbocycles. The minimum absolute atomic E-state index is 0.145. The molecular weight excluding hydrogens is 452 g/mol. The molecule has 1 heterocycles. The van der Waals surface area contributed by atoms with Crippen molar-refractivity contribution in [2.45, 2.75) is 11.8 Å². The van der Waals surface area contributed by atoms with E-state index in [1.807, 2.05) is 71.3 Å². The van der Waals surface area contributed by atoms with Crippen LogP contribution < -0.4 is 19.5 Å². The van der Waals surface area contributed by atoms with Gasteiger partial charge in [0.2, 0.25) is 5.91 Å². The highest BCUT2D eigenvalue weighted by Gasteiger charge is 2.17. The summed E-state index contributed by atoms with van der Waals surface area (Å²) >= 11 is 1.28. The van der Waals surface area contributed by atoms with Crippen molar-refractivity contribution >= 4 is 23.4 Å². The fourth-order valence-electron chi connectivity index (χ4n) is 3.21. The van der Waals surface area contributed by atoms with Crippen LogP contribution in [0.4, 0.5) is 5.69 Å². The standard InChI is InChI=1S/C25H24N4O4S/c1-31-19-14-12-18(13-15-19)29-23(16-33-20-8-4-3-5-9-20)27-28-25(29)34-17-24(30)26-21-10-6-7-11-22(21)32-2/h3-15H,16-17H2,1-2H3,(H,26,30). The van der Waals surface area contributed by atoms with Gasteiger partial charge in [-0.3, -0.25) is 9.36 Å². The Hall–Kier alpha value is -3.98. The number of thioether (sulfide) groups is 1. The predicted octanol–water partition coefficient (Wildman–Crippen LogP) is 4.59. The summed E-state index contributed by atoms with van der Waals surface area (Å²) in [7, 11) is 3.19. The first-order valence-corrected chi connectivity index (χ1v) is 11.5. The molecule has 0 atom stereocenters. The molecule has 0 unspecified atom stereocenters. The molecule has 4 aromatic rings. The Kier molecular flexibility index (Phi) is 7.67. The molecule has 1 N–H and O–H groups in total. The Balaban J connectivity index is 1.52. The lowest BCUT2D eigenvalue weighted by molar-refractivity contribution is -0.113. The van der Waals surface area contributed by atoms with Crippen molar-refractivity contribution in [3.05, 3.63) is 84.7 Å². The average Bonchev–Trinajstić information content (AvgIpc) is 3.30. The third-order valence-corrected chi connectivity index (χ3v) is 5.78. The lowest BCUT2D eigenvalue weighted by Crippen LogP contribution is -2.15. The van der Waals surface area contributed by atoms with Crippen LogP contribution in [-0.4, -0.2) is 40.6 Å². The molecule has 1 aromatic heterocycles. The maximum absolute atomic E-state index is 12.6. The number of carbonyl (C=O) groups is 1. The normalized spacial score (nSPS) is 10.5. The molecule has 0 saturated heterocycles. The van der Waals surface area contributed by atoms with Crippen LogP contribution in [0.15, 0.2) is 84.0 Å². The van der Waals surface area contributed by atoms with Gasteiger partial charge in [-0.1, -0.05) is 42.1 Å². The molecule has 0 saturated carbocycles. The molecule has 0 bridgehead atoms. The third-order valence-electron chi connectivity index (χ3n) is 4.86. The number of rotatable bonds is 10. The van der Waals surface area contributed by atoms with Crippen molar-refractivity contribution in [1.82, 2.24) is 14.8 Å². The Bertz CT molecular complexity index is 1230. The molecule has 1 amide bonds. The zero-order valence-corrected chi connectivity index (χ0v) is 19.6. The van der Waals surface area contributed by atoms with Gasteiger partial charge in [0.1, 0.15) is 23.9 Å². The summed E-state index contributed by atoms with van der Waals surface area (Å²) < 4.78 is 18.3. The van der Waals surface area contributed by atoms with E-state index in [1.54, 1.807) is 26.4 Å². The first-order valence-electron chi connectivity index (χ1n) is 10.5. The number of aromatic nitrogens is 3. The smallest absolute Gasteiger partial charge is 0.234 e. The highest BCUT2D eigenvalue weighted by atomic mass is 32.2. The van der Waals surface area contributed by atoms with E-state index in [0.717, 1.165) is 17.2 Å². The maximum atomic E-state index is 12.6. The average molecular weight is 477 g/mol. The summed E-state index contributed by atoms with van der Waals surface area (Å²) in [6.45, 7) is 0.219. The molecular formula is C25H24N4O4S. The third kappa shape index (κ3) is 5.68. The molecule has 174 valence electrons. The fourth-order valence-corrected chi connectivity index (χ4v) is 3.98. The lowest BCUT2D eigenvalue weighted by atomic mass is 10.3. The van der Waals surface area contributed by atoms with E-state index in [-0.39, 0.29) is 18.3 Å². The van der Waals surface area contributed by atoms with Gasteiger partial charge in [-0.05, 0) is 48.5 Å². The van der Waals surface area contributed by atoms with Gasteiger partial charge in [-0.2, -0.15) is 0 Å². The molecule has 4 rings (SSSR count). The summed E-state index contributed by atoms with van der Waals surface area (Å²) in [5.41, 5.74) is 1.45. The van der Waals surface area contributed by atoms with Crippen LogP contribution in [0.2, 0.25) is 0 Å². The van der Waals surface area contributed by atoms with E-state index >= 15 is 0 Å². The summed E-state index contributed by atoms with van der Waals surface area (Å²) in [5, 5.41) is 12.1. The van der Waals surface area contributed by atoms with Gasteiger partial charge >= 0.3 is 0 Å². The van der Waals surface area contributed by atoms with E-state index in [9.17, 15) is 4.79 Å². The maximum Gasteiger partial charge on any atom is 0.234 e. The van der Waals surface area contributed by atoms with Crippen LogP contribution in [0, 0.1) is 0 Å². The summed E-state index contributed by atoms with van der Waals surface area (Å²) in [5.74, 6) is 2.65. The molecule has 9 heteroatoms. The molecule has 0 aliphatic carbocycles. The van der Waals surface area contributed by atoms with Gasteiger partial charge in [-0.25, -0.2) is 0 Å². The van der Waals surface area contributed by atoms with Crippen molar-refractivity contribution in [3.8, 4) is 22.9 Å². The lowest BCUT2D eigenvalue weighted by Gasteiger charge is -2.12. The van der Waals surface area contributed by atoms with E-state index in [1.165, 1.54) is 11.8 Å². The van der Waals surface area contributed by atoms with Crippen molar-refractivity contribution in [2.24, 2.45) is 0 Å². The quantitative estimate of drug-likeness (QED) is 0.335. The number of ether oxygens (including phenoxy) is 3. The predicted molar refractivity (Wildman–Crippen MR) is 131 cm³/mol. The van der Waals surface area contributed by atoms with E-state index < -0.39 is 0 Å². The van der Waals surface area contributed by atoms with Crippen LogP contribution >= 0.6 is 11.8 Å². The second-order valence-corrected chi connectivity index (χ2v) is 8.01. The van der Waals surface area contributed by atoms with Crippen molar-refractivity contribution < 1.29 is 19.0 Å². The molecule has 8 nitrogen and oxygen atoms in total. The van der Waals surface area contributed by atoms with Crippen LogP contribution in [-0.2, 0) is 11.4 Å². The number of nitrogens with zero attached hydrogens (tertiary/aromatic N) is 3. The first kappa shape index (κ1) is 23.2. The van der Waals surface area contributed by atoms with E-state index in [4.69, 9.17) is 14.2 Å². The number of para-hydroxylation sites is 3. The van der Waals surface area contributed by atoms with Crippen molar-refractivity contribution in [2.75, 3.05) is 25.3 Å². The molecule has 0 aliphatic heterocycles. The first-order chi connectivity index (χ1) is 16.7. The Morgan fingerprint density at radius 2 is 1.62 bits per heavy atom. The van der Waals surface area contributed by atoms with Gasteiger partial charge in [0, 0.05) is 5.69 Å². The zero-order chi connectivity index (χ0) is 23.8. The van der Waals surface area contributed by atoms with E-state index in [0.29, 0.717) is 22.4 Å². The van der Waals surface area contributed by atoms with Crippen molar-refractivity contribution in [1.29, 1.82) is 0 Å². The van der Waals surface area contributed by atoms with Crippen LogP contribution in [0.25, 0.3) is 5.69 Å². The number of hydrogen-bond acceptors (Lipinski definition) is 7. The largest absolute Gasteiger partial charge is 0.497 e. The van der Waals surface area contributed by atoms with Gasteiger partial charge < -0.3 is 19.5 Å². The Morgan fingerprint density at radius 1 is 0.882 bits per heavy atom. The molecule has 0 radical (unpaired) electrons. The van der Waals surface area contributed by atoms with Gasteiger partial charge in [0.05, 0.1) is 25.7 Å². The summed E-state index contributed by atoms with van der Waals surface area (Å²) in [6, 6.07) is 24.3. The van der Waals surface area contributed by atoms with Crippen LogP contribution in [0.1, 0.15) is 5.82 Å². The topological polar surface area (TPSA) is 87.5 Å². The number of anilines is 1. The van der Waals surface area contributed by atoms with Gasteiger partial charge in [0.25, 0.3) is 0 Å². The second kappa shape index (κ2) is 11.2. The summed E-state index contributed by atoms with van der Waals surface area (Å²) in [4.78, 5) is 12.6. The number of amides is 1. The van der Waals surface area contributed by atoms with E-state index in [2.05, 4.69) is 15.5 Å². The molecule has 0 fully saturated rings.